The van der Waals surface area contributed by atoms with E-state index in [1.807, 2.05) is 18.2 Å². The maximum Gasteiger partial charge on any atom is 0.165 e. The average molecular weight is 509 g/mol. The van der Waals surface area contributed by atoms with Crippen LogP contribution >= 0.6 is 0 Å². The molecular formula is C36H20N4. The number of hydrogen-bond acceptors (Lipinski definition) is 3. The van der Waals surface area contributed by atoms with E-state index in [1.165, 1.54) is 48.9 Å². The van der Waals surface area contributed by atoms with Gasteiger partial charge >= 0.3 is 0 Å². The summed E-state index contributed by atoms with van der Waals surface area (Å²) < 4.78 is 2.47. The molecule has 0 radical (unpaired) electrons. The molecule has 4 heteroatoms. The topological polar surface area (TPSA) is 33.4 Å². The van der Waals surface area contributed by atoms with Crippen LogP contribution in [-0.2, 0) is 0 Å². The van der Waals surface area contributed by atoms with Gasteiger partial charge in [0.15, 0.2) is 5.82 Å². The van der Waals surface area contributed by atoms with E-state index < -0.39 is 0 Å². The van der Waals surface area contributed by atoms with Crippen molar-refractivity contribution in [2.75, 3.05) is 4.90 Å². The molecule has 4 heterocycles. The van der Waals surface area contributed by atoms with Crippen molar-refractivity contribution in [1.82, 2.24) is 14.4 Å². The number of hydrogen-bond donors (Lipinski definition) is 0. The smallest absolute Gasteiger partial charge is 0.165 e. The number of fused-ring (bicyclic) bond motifs is 4. The standard InChI is InChI=1S/C36H20N4/c1-2-9-22-20-23(19-18-21(22)8-1)32-36(38-29-15-4-3-14-28(29)37-32)39-30-16-6-12-26-24-10-5-11-25-27-13-7-17-31(39)35(27)40(33(24)25)34(26)30/h1-20H. The molecule has 0 amide bonds. The summed E-state index contributed by atoms with van der Waals surface area (Å²) in [6.07, 6.45) is 0. The van der Waals surface area contributed by atoms with Crippen molar-refractivity contribution >= 4 is 77.1 Å². The van der Waals surface area contributed by atoms with Gasteiger partial charge in [0.25, 0.3) is 0 Å². The van der Waals surface area contributed by atoms with Crippen LogP contribution in [0.3, 0.4) is 0 Å². The van der Waals surface area contributed by atoms with Crippen LogP contribution in [0.15, 0.2) is 121 Å². The zero-order valence-electron chi connectivity index (χ0n) is 21.3. The lowest BCUT2D eigenvalue weighted by molar-refractivity contribution is 1.16. The number of nitrogens with zero attached hydrogens (tertiary/aromatic N) is 4. The SMILES string of the molecule is c1ccc2cc(-c3nc4ccccc4nc3N3c4cccc5c6cccc7c8cccc3c8n(c45)c67)ccc2c1. The van der Waals surface area contributed by atoms with E-state index in [0.29, 0.717) is 0 Å². The van der Waals surface area contributed by atoms with E-state index in [-0.39, 0.29) is 0 Å². The molecule has 0 fully saturated rings. The number of benzene rings is 6. The predicted molar refractivity (Wildman–Crippen MR) is 165 cm³/mol. The van der Waals surface area contributed by atoms with Crippen LogP contribution in [-0.4, -0.2) is 14.4 Å². The molecule has 1 aliphatic heterocycles. The Bertz CT molecular complexity index is 2420. The second-order valence-electron chi connectivity index (χ2n) is 10.7. The quantitative estimate of drug-likeness (QED) is 0.233. The molecule has 184 valence electrons. The average Bonchev–Trinajstić information content (AvgIpc) is 3.54. The van der Waals surface area contributed by atoms with Crippen molar-refractivity contribution in [3.05, 3.63) is 121 Å². The summed E-state index contributed by atoms with van der Waals surface area (Å²) in [7, 11) is 0. The van der Waals surface area contributed by atoms with Gasteiger partial charge in [0.05, 0.1) is 39.0 Å². The van der Waals surface area contributed by atoms with Crippen molar-refractivity contribution in [2.45, 2.75) is 0 Å². The second-order valence-corrected chi connectivity index (χ2v) is 10.7. The summed E-state index contributed by atoms with van der Waals surface area (Å²) in [6, 6.07) is 43.2. The Hall–Kier alpha value is -5.48. The van der Waals surface area contributed by atoms with Crippen molar-refractivity contribution < 1.29 is 0 Å². The number of rotatable bonds is 2. The van der Waals surface area contributed by atoms with E-state index in [2.05, 4.69) is 112 Å². The highest BCUT2D eigenvalue weighted by molar-refractivity contribution is 6.28. The Labute approximate surface area is 228 Å². The summed E-state index contributed by atoms with van der Waals surface area (Å²) in [6.45, 7) is 0. The van der Waals surface area contributed by atoms with Crippen LogP contribution in [0.25, 0.3) is 71.2 Å². The molecule has 0 spiro atoms. The van der Waals surface area contributed by atoms with Gasteiger partial charge in [0, 0.05) is 27.1 Å². The van der Waals surface area contributed by atoms with E-state index in [4.69, 9.17) is 9.97 Å². The molecule has 0 saturated heterocycles. The molecule has 0 bridgehead atoms. The van der Waals surface area contributed by atoms with Crippen LogP contribution < -0.4 is 4.90 Å². The van der Waals surface area contributed by atoms with E-state index in [9.17, 15) is 0 Å². The number of anilines is 3. The maximum atomic E-state index is 5.35. The van der Waals surface area contributed by atoms with Gasteiger partial charge < -0.3 is 4.40 Å². The minimum Gasteiger partial charge on any atom is -0.304 e. The lowest BCUT2D eigenvalue weighted by atomic mass is 10.0. The zero-order valence-corrected chi connectivity index (χ0v) is 21.3. The normalized spacial score (nSPS) is 12.9. The Morgan fingerprint density at radius 2 is 1.02 bits per heavy atom. The lowest BCUT2D eigenvalue weighted by Gasteiger charge is -2.30. The van der Waals surface area contributed by atoms with Crippen LogP contribution in [0.5, 0.6) is 0 Å². The van der Waals surface area contributed by atoms with E-state index in [1.54, 1.807) is 0 Å². The largest absolute Gasteiger partial charge is 0.304 e. The summed E-state index contributed by atoms with van der Waals surface area (Å²) in [4.78, 5) is 13.0. The van der Waals surface area contributed by atoms with Crippen LogP contribution in [0, 0.1) is 0 Å². The molecule has 0 N–H and O–H groups in total. The molecule has 0 unspecified atom stereocenters. The highest BCUT2D eigenvalue weighted by Crippen LogP contribution is 2.52. The van der Waals surface area contributed by atoms with Gasteiger partial charge in [-0.2, -0.15) is 0 Å². The Morgan fingerprint density at radius 3 is 1.73 bits per heavy atom. The first kappa shape index (κ1) is 20.5. The molecule has 4 nitrogen and oxygen atoms in total. The molecule has 0 aliphatic carbocycles. The highest BCUT2D eigenvalue weighted by atomic mass is 15.2. The Balaban J connectivity index is 1.37. The molecule has 40 heavy (non-hydrogen) atoms. The predicted octanol–water partition coefficient (Wildman–Crippen LogP) is 9.38. The highest BCUT2D eigenvalue weighted by Gasteiger charge is 2.32. The van der Waals surface area contributed by atoms with Crippen LogP contribution in [0.4, 0.5) is 17.2 Å². The summed E-state index contributed by atoms with van der Waals surface area (Å²) in [5, 5.41) is 7.51. The van der Waals surface area contributed by atoms with Gasteiger partial charge in [0.1, 0.15) is 5.69 Å². The summed E-state index contributed by atoms with van der Waals surface area (Å²) in [5.74, 6) is 0.843. The molecule has 0 saturated carbocycles. The zero-order chi connectivity index (χ0) is 25.9. The van der Waals surface area contributed by atoms with Crippen LogP contribution in [0.1, 0.15) is 0 Å². The fraction of sp³-hybridized carbons (Fsp3) is 0. The van der Waals surface area contributed by atoms with Gasteiger partial charge in [-0.1, -0.05) is 91.0 Å². The molecule has 10 rings (SSSR count). The first-order valence-electron chi connectivity index (χ1n) is 13.6. The minimum atomic E-state index is 0.843. The van der Waals surface area contributed by atoms with Crippen molar-refractivity contribution in [1.29, 1.82) is 0 Å². The van der Waals surface area contributed by atoms with Gasteiger partial charge in [-0.05, 0) is 41.1 Å². The monoisotopic (exact) mass is 508 g/mol. The Kier molecular flexibility index (Phi) is 3.65. The molecule has 9 aromatic rings. The molecular weight excluding hydrogens is 488 g/mol. The van der Waals surface area contributed by atoms with Gasteiger partial charge in [-0.3, -0.25) is 4.90 Å². The van der Waals surface area contributed by atoms with Crippen molar-refractivity contribution in [3.8, 4) is 11.3 Å². The molecule has 6 aromatic carbocycles. The van der Waals surface area contributed by atoms with Crippen LogP contribution in [0.2, 0.25) is 0 Å². The third-order valence-corrected chi connectivity index (χ3v) is 8.59. The lowest BCUT2D eigenvalue weighted by Crippen LogP contribution is -2.17. The third-order valence-electron chi connectivity index (χ3n) is 8.59. The first-order chi connectivity index (χ1) is 19.8. The minimum absolute atomic E-state index is 0.843. The van der Waals surface area contributed by atoms with Gasteiger partial charge in [-0.15, -0.1) is 0 Å². The molecule has 1 aliphatic rings. The second kappa shape index (κ2) is 7.13. The third kappa shape index (κ3) is 2.42. The first-order valence-corrected chi connectivity index (χ1v) is 13.6. The van der Waals surface area contributed by atoms with Crippen molar-refractivity contribution in [3.63, 3.8) is 0 Å². The number of aromatic nitrogens is 3. The van der Waals surface area contributed by atoms with Gasteiger partial charge in [0.2, 0.25) is 0 Å². The summed E-state index contributed by atoms with van der Waals surface area (Å²) >= 11 is 0. The van der Waals surface area contributed by atoms with Gasteiger partial charge in [-0.25, -0.2) is 9.97 Å². The number of para-hydroxylation sites is 5. The molecule has 3 aromatic heterocycles. The van der Waals surface area contributed by atoms with E-state index >= 15 is 0 Å². The Morgan fingerprint density at radius 1 is 0.450 bits per heavy atom. The van der Waals surface area contributed by atoms with Crippen molar-refractivity contribution in [2.24, 2.45) is 0 Å². The fourth-order valence-corrected chi connectivity index (χ4v) is 6.92. The summed E-state index contributed by atoms with van der Waals surface area (Å²) in [5.41, 5.74) is 9.69. The molecule has 0 atom stereocenters. The fourth-order valence-electron chi connectivity index (χ4n) is 6.92. The van der Waals surface area contributed by atoms with E-state index in [0.717, 1.165) is 39.5 Å². The maximum absolute atomic E-state index is 5.35.